The smallest absolute Gasteiger partial charge is 0.329 e. The number of aliphatic carboxylic acids is 1. The Morgan fingerprint density at radius 3 is 2.41 bits per heavy atom. The Kier molecular flexibility index (Phi) is 7.12. The summed E-state index contributed by atoms with van der Waals surface area (Å²) in [5.74, 6) is -3.81. The number of carboxylic acid groups (broad SMARTS) is 1. The lowest BCUT2D eigenvalue weighted by Gasteiger charge is -2.35. The number of rotatable bonds is 7. The molecule has 6 nitrogen and oxygen atoms in total. The van der Waals surface area contributed by atoms with E-state index in [1.165, 1.54) is 13.8 Å². The molecule has 32 heavy (non-hydrogen) atoms. The molecule has 0 saturated carbocycles. The second-order valence-corrected chi connectivity index (χ2v) is 9.14. The molecule has 1 saturated heterocycles. The van der Waals surface area contributed by atoms with Crippen LogP contribution in [-0.4, -0.2) is 39.6 Å². The molecule has 0 spiro atoms. The number of hydrogen-bond acceptors (Lipinski definition) is 6. The molecule has 0 unspecified atom stereocenters. The molecular weight excluding hydrogens is 440 g/mol. The fourth-order valence-electron chi connectivity index (χ4n) is 3.41. The molecule has 1 aliphatic rings. The monoisotopic (exact) mass is 463 g/mol. The van der Waals surface area contributed by atoms with Gasteiger partial charge in [0.1, 0.15) is 23.5 Å². The average molecular weight is 464 g/mol. The number of carbonyl (C=O) groups excluding carboxylic acids is 2. The average Bonchev–Trinajstić information content (AvgIpc) is 2.75. The quantitative estimate of drug-likeness (QED) is 0.490. The third-order valence-electron chi connectivity index (χ3n) is 5.30. The number of Topliss-reactive ketones (excluding diaryl/α,β-unsaturated/α-hetero) is 2. The van der Waals surface area contributed by atoms with E-state index < -0.39 is 52.7 Å². The Bertz CT molecular complexity index is 1040. The Balaban J connectivity index is 1.86. The van der Waals surface area contributed by atoms with Crippen LogP contribution in [0.3, 0.4) is 0 Å². The van der Waals surface area contributed by atoms with Gasteiger partial charge in [0.05, 0.1) is 11.6 Å². The molecule has 1 aliphatic heterocycles. The van der Waals surface area contributed by atoms with Gasteiger partial charge < -0.3 is 9.84 Å². The molecule has 170 valence electrons. The zero-order chi connectivity index (χ0) is 23.6. The number of benzene rings is 2. The second-order valence-electron chi connectivity index (χ2n) is 7.99. The van der Waals surface area contributed by atoms with E-state index in [0.29, 0.717) is 5.56 Å². The van der Waals surface area contributed by atoms with Crippen molar-refractivity contribution in [1.29, 1.82) is 0 Å². The zero-order valence-corrected chi connectivity index (χ0v) is 18.6. The Morgan fingerprint density at radius 1 is 1.12 bits per heavy atom. The van der Waals surface area contributed by atoms with Crippen molar-refractivity contribution in [2.24, 2.45) is 0 Å². The van der Waals surface area contributed by atoms with Crippen molar-refractivity contribution in [2.75, 3.05) is 6.61 Å². The highest BCUT2D eigenvalue weighted by Crippen LogP contribution is 2.40. The lowest BCUT2D eigenvalue weighted by Crippen LogP contribution is -2.45. The molecule has 0 amide bonds. The van der Waals surface area contributed by atoms with Crippen molar-refractivity contribution in [3.05, 3.63) is 70.8 Å². The molecule has 0 bridgehead atoms. The van der Waals surface area contributed by atoms with Crippen LogP contribution < -0.4 is 0 Å². The van der Waals surface area contributed by atoms with E-state index in [2.05, 4.69) is 0 Å². The summed E-state index contributed by atoms with van der Waals surface area (Å²) in [6.07, 6.45) is 0. The number of hydrogen-bond donors (Lipinski definition) is 1. The van der Waals surface area contributed by atoms with Gasteiger partial charge >= 0.3 is 5.97 Å². The van der Waals surface area contributed by atoms with Gasteiger partial charge in [-0.25, -0.2) is 17.9 Å². The van der Waals surface area contributed by atoms with Crippen LogP contribution in [0.1, 0.15) is 42.7 Å². The Morgan fingerprint density at radius 2 is 1.78 bits per heavy atom. The Labute approximate surface area is 188 Å². The maximum absolute atomic E-state index is 14.9. The lowest BCUT2D eigenvalue weighted by atomic mass is 9.95. The number of halogens is 2. The van der Waals surface area contributed by atoms with Gasteiger partial charge in [0, 0.05) is 17.7 Å². The largest absolute Gasteiger partial charge is 0.480 e. The second kappa shape index (κ2) is 9.48. The third kappa shape index (κ3) is 5.06. The topological polar surface area (TPSA) is 83.9 Å². The predicted molar refractivity (Wildman–Crippen MR) is 115 cm³/mol. The maximum Gasteiger partial charge on any atom is 0.329 e. The molecule has 0 aliphatic carbocycles. The van der Waals surface area contributed by atoms with Crippen LogP contribution >= 0.6 is 11.9 Å². The van der Waals surface area contributed by atoms with E-state index in [9.17, 15) is 23.2 Å². The summed E-state index contributed by atoms with van der Waals surface area (Å²) in [7, 11) is 0. The lowest BCUT2D eigenvalue weighted by molar-refractivity contribution is -0.148. The molecule has 1 N–H and O–H groups in total. The first-order valence-corrected chi connectivity index (χ1v) is 10.8. The van der Waals surface area contributed by atoms with Gasteiger partial charge in [0.25, 0.3) is 0 Å². The summed E-state index contributed by atoms with van der Waals surface area (Å²) >= 11 is 1.12. The van der Waals surface area contributed by atoms with Gasteiger partial charge in [0.15, 0.2) is 0 Å². The van der Waals surface area contributed by atoms with Gasteiger partial charge in [-0.3, -0.25) is 9.59 Å². The minimum atomic E-state index is -1.37. The summed E-state index contributed by atoms with van der Waals surface area (Å²) in [5, 5.41) is 8.04. The predicted octanol–water partition coefficient (Wildman–Crippen LogP) is 4.03. The normalized spacial score (nSPS) is 19.9. The molecule has 2 atom stereocenters. The van der Waals surface area contributed by atoms with Crippen molar-refractivity contribution in [3.8, 4) is 0 Å². The summed E-state index contributed by atoms with van der Waals surface area (Å²) in [6.45, 7) is 3.69. The minimum Gasteiger partial charge on any atom is -0.480 e. The van der Waals surface area contributed by atoms with Gasteiger partial charge in [0.2, 0.25) is 11.6 Å². The van der Waals surface area contributed by atoms with E-state index in [4.69, 9.17) is 9.84 Å². The maximum atomic E-state index is 14.9. The highest BCUT2D eigenvalue weighted by atomic mass is 32.2. The van der Waals surface area contributed by atoms with Gasteiger partial charge in [-0.1, -0.05) is 42.3 Å². The SMILES string of the molecule is C[C@H]1C(=O)C(=O)[C@@H](c2ccccc2)SN1Cc1cc(F)c(C(C)(C)OCC(=O)O)cc1F. The van der Waals surface area contributed by atoms with Crippen molar-refractivity contribution < 1.29 is 33.0 Å². The minimum absolute atomic E-state index is 0.00796. The van der Waals surface area contributed by atoms with Gasteiger partial charge in [-0.15, -0.1) is 0 Å². The first-order chi connectivity index (χ1) is 15.0. The highest BCUT2D eigenvalue weighted by Gasteiger charge is 2.41. The van der Waals surface area contributed by atoms with Crippen LogP contribution in [0.4, 0.5) is 8.78 Å². The number of ether oxygens (including phenoxy) is 1. The molecular formula is C23H23F2NO5S. The van der Waals surface area contributed by atoms with Crippen molar-refractivity contribution in [3.63, 3.8) is 0 Å². The van der Waals surface area contributed by atoms with Crippen LogP contribution in [0.5, 0.6) is 0 Å². The molecule has 2 aromatic carbocycles. The van der Waals surface area contributed by atoms with Gasteiger partial charge in [-0.05, 0) is 38.5 Å². The fourth-order valence-corrected chi connectivity index (χ4v) is 4.67. The molecule has 0 radical (unpaired) electrons. The summed E-state index contributed by atoms with van der Waals surface area (Å²) < 4.78 is 36.5. The first-order valence-electron chi connectivity index (χ1n) is 9.92. The molecule has 3 rings (SSSR count). The van der Waals surface area contributed by atoms with E-state index in [-0.39, 0.29) is 17.7 Å². The number of carboxylic acids is 1. The zero-order valence-electron chi connectivity index (χ0n) is 17.8. The number of carbonyl (C=O) groups is 3. The van der Waals surface area contributed by atoms with E-state index in [1.54, 1.807) is 41.6 Å². The van der Waals surface area contributed by atoms with Crippen molar-refractivity contribution in [1.82, 2.24) is 4.31 Å². The summed E-state index contributed by atoms with van der Waals surface area (Å²) in [5.41, 5.74) is -0.816. The molecule has 1 fully saturated rings. The molecule has 9 heteroatoms. The van der Waals surface area contributed by atoms with E-state index >= 15 is 0 Å². The number of nitrogens with zero attached hydrogens (tertiary/aromatic N) is 1. The van der Waals surface area contributed by atoms with Crippen LogP contribution in [0.15, 0.2) is 42.5 Å². The fraction of sp³-hybridized carbons (Fsp3) is 0.348. The van der Waals surface area contributed by atoms with Crippen molar-refractivity contribution >= 4 is 29.5 Å². The standard InChI is InChI=1S/C23H23F2NO5S/c1-13-20(29)21(30)22(14-7-5-4-6-8-14)32-26(13)11-15-9-18(25)16(10-17(15)24)23(2,3)31-12-19(27)28/h4-10,13,22H,11-12H2,1-3H3,(H,27,28)/t13-,22+/m0/s1. The van der Waals surface area contributed by atoms with Crippen LogP contribution in [-0.2, 0) is 31.3 Å². The van der Waals surface area contributed by atoms with Crippen LogP contribution in [0.2, 0.25) is 0 Å². The van der Waals surface area contributed by atoms with Gasteiger partial charge in [-0.2, -0.15) is 0 Å². The van der Waals surface area contributed by atoms with E-state index in [1.807, 2.05) is 0 Å². The van der Waals surface area contributed by atoms with Crippen molar-refractivity contribution in [2.45, 2.75) is 44.2 Å². The highest BCUT2D eigenvalue weighted by molar-refractivity contribution is 7.98. The summed E-state index contributed by atoms with van der Waals surface area (Å²) in [6, 6.07) is 10.00. The Hall–Kier alpha value is -2.62. The summed E-state index contributed by atoms with van der Waals surface area (Å²) in [4.78, 5) is 35.8. The molecule has 1 heterocycles. The molecule has 2 aromatic rings. The van der Waals surface area contributed by atoms with Crippen LogP contribution in [0.25, 0.3) is 0 Å². The number of ketones is 2. The van der Waals surface area contributed by atoms with Crippen LogP contribution in [0, 0.1) is 11.6 Å². The first kappa shape index (κ1) is 24.0. The van der Waals surface area contributed by atoms with E-state index in [0.717, 1.165) is 24.1 Å². The third-order valence-corrected chi connectivity index (χ3v) is 6.72. The molecule has 0 aromatic heterocycles.